The highest BCUT2D eigenvalue weighted by atomic mass is 32.2. The second-order valence-electron chi connectivity index (χ2n) is 2.79. The Morgan fingerprint density at radius 3 is 2.42 bits per heavy atom. The van der Waals surface area contributed by atoms with Crippen molar-refractivity contribution in [3.63, 3.8) is 0 Å². The molecule has 0 bridgehead atoms. The Kier molecular flexibility index (Phi) is 2.84. The summed E-state index contributed by atoms with van der Waals surface area (Å²) in [4.78, 5) is 0. The molecule has 0 saturated heterocycles. The average molecular weight is 192 g/mol. The fourth-order valence-electron chi connectivity index (χ4n) is 1.18. The second-order valence-corrected chi connectivity index (χ2v) is 4.42. The summed E-state index contributed by atoms with van der Waals surface area (Å²) in [7, 11) is -3.91. The van der Waals surface area contributed by atoms with E-state index in [1.807, 2.05) is 0 Å². The standard InChI is InChI=1S/C6H12N2O3S/c7-8-5-1-3-6(4-2-5)12(9,10)11/h1,3,5-6,8H,2,4,7H2,(H,9,10,11). The Morgan fingerprint density at radius 1 is 1.42 bits per heavy atom. The van der Waals surface area contributed by atoms with Gasteiger partial charge in [0.1, 0.15) is 5.25 Å². The normalized spacial score (nSPS) is 30.5. The predicted molar refractivity (Wildman–Crippen MR) is 44.8 cm³/mol. The van der Waals surface area contributed by atoms with Gasteiger partial charge >= 0.3 is 0 Å². The molecule has 5 nitrogen and oxygen atoms in total. The van der Waals surface area contributed by atoms with Gasteiger partial charge in [0.25, 0.3) is 10.1 Å². The van der Waals surface area contributed by atoms with Crippen molar-refractivity contribution in [2.24, 2.45) is 5.84 Å². The fraction of sp³-hybridized carbons (Fsp3) is 0.667. The van der Waals surface area contributed by atoms with Crippen LogP contribution in [-0.4, -0.2) is 24.3 Å². The summed E-state index contributed by atoms with van der Waals surface area (Å²) in [6, 6.07) is 0.0167. The van der Waals surface area contributed by atoms with E-state index in [2.05, 4.69) is 5.43 Å². The molecule has 2 atom stereocenters. The van der Waals surface area contributed by atoms with Crippen LogP contribution >= 0.6 is 0 Å². The highest BCUT2D eigenvalue weighted by molar-refractivity contribution is 7.86. The van der Waals surface area contributed by atoms with E-state index < -0.39 is 15.4 Å². The zero-order valence-electron chi connectivity index (χ0n) is 6.47. The van der Waals surface area contributed by atoms with Gasteiger partial charge in [0.15, 0.2) is 0 Å². The number of nitrogens with two attached hydrogens (primary N) is 1. The molecule has 0 aromatic heterocycles. The third-order valence-corrected chi connectivity index (χ3v) is 3.07. The van der Waals surface area contributed by atoms with Crippen LogP contribution in [0.25, 0.3) is 0 Å². The van der Waals surface area contributed by atoms with E-state index in [0.29, 0.717) is 12.8 Å². The molecule has 0 aromatic carbocycles. The Labute approximate surface area is 71.4 Å². The van der Waals surface area contributed by atoms with Gasteiger partial charge in [0, 0.05) is 6.04 Å². The lowest BCUT2D eigenvalue weighted by atomic mass is 10.0. The van der Waals surface area contributed by atoms with Crippen molar-refractivity contribution < 1.29 is 13.0 Å². The molecule has 0 radical (unpaired) electrons. The first kappa shape index (κ1) is 9.66. The van der Waals surface area contributed by atoms with Crippen molar-refractivity contribution in [3.05, 3.63) is 12.2 Å². The Morgan fingerprint density at radius 2 is 2.08 bits per heavy atom. The molecule has 12 heavy (non-hydrogen) atoms. The lowest BCUT2D eigenvalue weighted by Crippen LogP contribution is -2.37. The Balaban J connectivity index is 2.66. The largest absolute Gasteiger partial charge is 0.285 e. The minimum atomic E-state index is -3.91. The first-order chi connectivity index (χ1) is 5.54. The van der Waals surface area contributed by atoms with Crippen LogP contribution in [0.3, 0.4) is 0 Å². The van der Waals surface area contributed by atoms with Gasteiger partial charge in [-0.05, 0) is 12.8 Å². The third-order valence-electron chi connectivity index (χ3n) is 1.92. The summed E-state index contributed by atoms with van der Waals surface area (Å²) < 4.78 is 29.9. The molecular formula is C6H12N2O3S. The van der Waals surface area contributed by atoms with Gasteiger partial charge in [0.05, 0.1) is 0 Å². The summed E-state index contributed by atoms with van der Waals surface area (Å²) in [5.74, 6) is 5.14. The van der Waals surface area contributed by atoms with E-state index in [1.165, 1.54) is 6.08 Å². The molecule has 0 saturated carbocycles. The van der Waals surface area contributed by atoms with Crippen molar-refractivity contribution in [2.75, 3.05) is 0 Å². The van der Waals surface area contributed by atoms with Crippen molar-refractivity contribution in [3.8, 4) is 0 Å². The molecule has 1 aliphatic rings. The zero-order valence-corrected chi connectivity index (χ0v) is 7.29. The maximum atomic E-state index is 10.6. The molecule has 0 heterocycles. The third kappa shape index (κ3) is 2.28. The lowest BCUT2D eigenvalue weighted by Gasteiger charge is -2.19. The van der Waals surface area contributed by atoms with Gasteiger partial charge in [-0.15, -0.1) is 0 Å². The molecule has 0 aliphatic heterocycles. The summed E-state index contributed by atoms with van der Waals surface area (Å²) in [6.45, 7) is 0. The molecule has 0 spiro atoms. The summed E-state index contributed by atoms with van der Waals surface area (Å²) in [5, 5.41) is -0.762. The minimum Gasteiger partial charge on any atom is -0.285 e. The number of hydrogen-bond acceptors (Lipinski definition) is 4. The van der Waals surface area contributed by atoms with Crippen LogP contribution in [0.15, 0.2) is 12.2 Å². The molecule has 0 fully saturated rings. The highest BCUT2D eigenvalue weighted by Crippen LogP contribution is 2.16. The van der Waals surface area contributed by atoms with Gasteiger partial charge in [-0.25, -0.2) is 0 Å². The molecular weight excluding hydrogens is 180 g/mol. The summed E-state index contributed by atoms with van der Waals surface area (Å²) >= 11 is 0. The smallest absolute Gasteiger partial charge is 0.271 e. The minimum absolute atomic E-state index is 0.0167. The van der Waals surface area contributed by atoms with Crippen LogP contribution in [0, 0.1) is 0 Å². The Bertz CT molecular complexity index is 273. The molecule has 1 rings (SSSR count). The van der Waals surface area contributed by atoms with Crippen LogP contribution in [0.4, 0.5) is 0 Å². The molecule has 1 aliphatic carbocycles. The van der Waals surface area contributed by atoms with Gasteiger partial charge in [-0.3, -0.25) is 15.8 Å². The predicted octanol–water partition coefficient (Wildman–Crippen LogP) is -0.575. The van der Waals surface area contributed by atoms with Gasteiger partial charge in [-0.1, -0.05) is 12.2 Å². The number of nitrogens with one attached hydrogen (secondary N) is 1. The van der Waals surface area contributed by atoms with E-state index in [9.17, 15) is 8.42 Å². The highest BCUT2D eigenvalue weighted by Gasteiger charge is 2.24. The van der Waals surface area contributed by atoms with Crippen LogP contribution in [0.2, 0.25) is 0 Å². The van der Waals surface area contributed by atoms with Crippen LogP contribution in [0.5, 0.6) is 0 Å². The van der Waals surface area contributed by atoms with E-state index in [0.717, 1.165) is 0 Å². The summed E-state index contributed by atoms with van der Waals surface area (Å²) in [6.07, 6.45) is 4.15. The van der Waals surface area contributed by atoms with Crippen LogP contribution < -0.4 is 11.3 Å². The fourth-order valence-corrected chi connectivity index (χ4v) is 1.90. The molecule has 0 aromatic rings. The first-order valence-electron chi connectivity index (χ1n) is 3.65. The molecule has 70 valence electrons. The second kappa shape index (κ2) is 3.53. The van der Waals surface area contributed by atoms with E-state index >= 15 is 0 Å². The number of rotatable bonds is 2. The lowest BCUT2D eigenvalue weighted by molar-refractivity contribution is 0.458. The Hall–Kier alpha value is -0.430. The number of hydrogen-bond donors (Lipinski definition) is 3. The van der Waals surface area contributed by atoms with Crippen LogP contribution in [-0.2, 0) is 10.1 Å². The van der Waals surface area contributed by atoms with E-state index in [4.69, 9.17) is 10.4 Å². The number of hydrazine groups is 1. The quantitative estimate of drug-likeness (QED) is 0.236. The van der Waals surface area contributed by atoms with Crippen molar-refractivity contribution in [1.82, 2.24) is 5.43 Å². The zero-order chi connectivity index (χ0) is 9.19. The van der Waals surface area contributed by atoms with Crippen molar-refractivity contribution in [1.29, 1.82) is 0 Å². The molecule has 6 heteroatoms. The van der Waals surface area contributed by atoms with Gasteiger partial charge in [0.2, 0.25) is 0 Å². The van der Waals surface area contributed by atoms with Crippen molar-refractivity contribution >= 4 is 10.1 Å². The first-order valence-corrected chi connectivity index (χ1v) is 5.15. The van der Waals surface area contributed by atoms with Gasteiger partial charge < -0.3 is 0 Å². The average Bonchev–Trinajstić information content (AvgIpc) is 2.03. The van der Waals surface area contributed by atoms with E-state index in [-0.39, 0.29) is 6.04 Å². The van der Waals surface area contributed by atoms with Crippen LogP contribution in [0.1, 0.15) is 12.8 Å². The molecule has 0 amide bonds. The van der Waals surface area contributed by atoms with Gasteiger partial charge in [-0.2, -0.15) is 8.42 Å². The topological polar surface area (TPSA) is 92.4 Å². The molecule has 2 unspecified atom stereocenters. The molecule has 4 N–H and O–H groups in total. The monoisotopic (exact) mass is 192 g/mol. The maximum absolute atomic E-state index is 10.6. The van der Waals surface area contributed by atoms with Crippen molar-refractivity contribution in [2.45, 2.75) is 24.1 Å². The van der Waals surface area contributed by atoms with E-state index in [1.54, 1.807) is 6.08 Å². The SMILES string of the molecule is NNC1C=CC(S(=O)(=O)O)CC1. The summed E-state index contributed by atoms with van der Waals surface area (Å²) in [5.41, 5.74) is 2.51. The maximum Gasteiger partial charge on any atom is 0.271 e.